The number of hydrogen-bond donors (Lipinski definition) is 2. The first-order valence-corrected chi connectivity index (χ1v) is 9.51. The smallest absolute Gasteiger partial charge is 0.239 e. The highest BCUT2D eigenvalue weighted by molar-refractivity contribution is 7.89. The number of hydrogen-bond acceptors (Lipinski definition) is 4. The molecular formula is C19H15ClN2O3S. The molecule has 5 nitrogen and oxygen atoms in total. The predicted octanol–water partition coefficient (Wildman–Crippen LogP) is 3.47. The van der Waals surface area contributed by atoms with Gasteiger partial charge in [0.25, 0.3) is 0 Å². The fourth-order valence-electron chi connectivity index (χ4n) is 2.56. The molecule has 0 heterocycles. The lowest BCUT2D eigenvalue weighted by Crippen LogP contribution is -2.14. The van der Waals surface area contributed by atoms with Gasteiger partial charge in [0.1, 0.15) is 4.90 Å². The van der Waals surface area contributed by atoms with Gasteiger partial charge in [-0.2, -0.15) is 0 Å². The Hall–Kier alpha value is -2.67. The second-order valence-corrected chi connectivity index (χ2v) is 7.66. The summed E-state index contributed by atoms with van der Waals surface area (Å²) in [6.07, 6.45) is 0. The Morgan fingerprint density at radius 3 is 2.12 bits per heavy atom. The zero-order valence-corrected chi connectivity index (χ0v) is 15.1. The number of carbonyl (C=O) groups excluding carboxylic acids is 1. The van der Waals surface area contributed by atoms with Crippen LogP contribution in [0, 0.1) is 0 Å². The molecule has 0 amide bonds. The Balaban J connectivity index is 1.94. The third-order valence-corrected chi connectivity index (χ3v) is 5.26. The zero-order valence-electron chi connectivity index (χ0n) is 13.5. The number of nitrogens with two attached hydrogens (primary N) is 2. The van der Waals surface area contributed by atoms with Crippen LogP contribution in [-0.4, -0.2) is 14.2 Å². The van der Waals surface area contributed by atoms with Crippen LogP contribution in [0.5, 0.6) is 0 Å². The van der Waals surface area contributed by atoms with Gasteiger partial charge in [-0.15, -0.1) is 0 Å². The zero-order chi connectivity index (χ0) is 18.9. The Labute approximate surface area is 156 Å². The summed E-state index contributed by atoms with van der Waals surface area (Å²) in [5, 5.41) is 5.10. The van der Waals surface area contributed by atoms with Crippen LogP contribution in [0.25, 0.3) is 11.1 Å². The molecule has 0 fully saturated rings. The largest absolute Gasteiger partial charge is 0.399 e. The SMILES string of the molecule is Nc1cccc(-c2ccc(C(=O)c3ccc(Cl)c(S(N)(=O)=O)c3)cc2)c1. The molecule has 7 heteroatoms. The maximum atomic E-state index is 12.6. The molecule has 4 N–H and O–H groups in total. The summed E-state index contributed by atoms with van der Waals surface area (Å²) in [5.41, 5.74) is 8.90. The second-order valence-electron chi connectivity index (χ2n) is 5.72. The van der Waals surface area contributed by atoms with Crippen molar-refractivity contribution in [2.75, 3.05) is 5.73 Å². The maximum absolute atomic E-state index is 12.6. The number of ketones is 1. The Morgan fingerprint density at radius 2 is 1.50 bits per heavy atom. The summed E-state index contributed by atoms with van der Waals surface area (Å²) in [5.74, 6) is -0.328. The molecule has 0 aromatic heterocycles. The van der Waals surface area contributed by atoms with Gasteiger partial charge < -0.3 is 5.73 Å². The number of carbonyl (C=O) groups is 1. The molecule has 3 rings (SSSR count). The molecule has 0 saturated heterocycles. The van der Waals surface area contributed by atoms with Crippen LogP contribution in [-0.2, 0) is 10.0 Å². The summed E-state index contributed by atoms with van der Waals surface area (Å²) in [7, 11) is -4.01. The molecule has 0 aliphatic heterocycles. The second kappa shape index (κ2) is 6.92. The molecule has 0 bridgehead atoms. The first kappa shape index (κ1) is 18.1. The number of halogens is 1. The first-order valence-electron chi connectivity index (χ1n) is 7.59. The lowest BCUT2D eigenvalue weighted by Gasteiger charge is -2.07. The molecule has 0 aliphatic rings. The van der Waals surface area contributed by atoms with E-state index in [2.05, 4.69) is 0 Å². The van der Waals surface area contributed by atoms with Crippen LogP contribution in [0.3, 0.4) is 0 Å². The maximum Gasteiger partial charge on any atom is 0.239 e. The molecule has 132 valence electrons. The highest BCUT2D eigenvalue weighted by Gasteiger charge is 2.17. The number of rotatable bonds is 4. The van der Waals surface area contributed by atoms with Gasteiger partial charge in [-0.3, -0.25) is 4.79 Å². The van der Waals surface area contributed by atoms with Crippen molar-refractivity contribution in [3.05, 3.63) is 82.9 Å². The Bertz CT molecular complexity index is 1090. The van der Waals surface area contributed by atoms with Crippen molar-refractivity contribution in [3.8, 4) is 11.1 Å². The van der Waals surface area contributed by atoms with Crippen LogP contribution in [0.15, 0.2) is 71.6 Å². The van der Waals surface area contributed by atoms with Crippen molar-refractivity contribution in [1.29, 1.82) is 0 Å². The third kappa shape index (κ3) is 3.77. The van der Waals surface area contributed by atoms with Gasteiger partial charge in [-0.05, 0) is 41.5 Å². The molecule has 0 radical (unpaired) electrons. The van der Waals surface area contributed by atoms with E-state index in [9.17, 15) is 13.2 Å². The van der Waals surface area contributed by atoms with Gasteiger partial charge >= 0.3 is 0 Å². The highest BCUT2D eigenvalue weighted by atomic mass is 35.5. The molecule has 3 aromatic rings. The van der Waals surface area contributed by atoms with Crippen LogP contribution < -0.4 is 10.9 Å². The molecule has 3 aromatic carbocycles. The molecule has 0 unspecified atom stereocenters. The number of anilines is 1. The van der Waals surface area contributed by atoms with Crippen molar-refractivity contribution in [3.63, 3.8) is 0 Å². The summed E-state index contributed by atoms with van der Waals surface area (Å²) in [4.78, 5) is 12.4. The lowest BCUT2D eigenvalue weighted by atomic mass is 9.99. The summed E-state index contributed by atoms with van der Waals surface area (Å²) >= 11 is 5.85. The van der Waals surface area contributed by atoms with Gasteiger partial charge in [0, 0.05) is 16.8 Å². The minimum atomic E-state index is -4.01. The number of primary sulfonamides is 1. The topological polar surface area (TPSA) is 103 Å². The summed E-state index contributed by atoms with van der Waals surface area (Å²) < 4.78 is 23.1. The van der Waals surface area contributed by atoms with Gasteiger partial charge in [0.05, 0.1) is 5.02 Å². The first-order chi connectivity index (χ1) is 12.3. The van der Waals surface area contributed by atoms with E-state index in [1.807, 2.05) is 18.2 Å². The monoisotopic (exact) mass is 386 g/mol. The molecule has 0 atom stereocenters. The van der Waals surface area contributed by atoms with E-state index in [-0.39, 0.29) is 21.3 Å². The molecule has 26 heavy (non-hydrogen) atoms. The van der Waals surface area contributed by atoms with Crippen LogP contribution in [0.2, 0.25) is 5.02 Å². The average molecular weight is 387 g/mol. The van der Waals surface area contributed by atoms with E-state index in [1.165, 1.54) is 18.2 Å². The van der Waals surface area contributed by atoms with Crippen molar-refractivity contribution >= 4 is 33.1 Å². The van der Waals surface area contributed by atoms with E-state index in [0.717, 1.165) is 11.1 Å². The predicted molar refractivity (Wildman–Crippen MR) is 103 cm³/mol. The number of sulfonamides is 1. The van der Waals surface area contributed by atoms with E-state index < -0.39 is 10.0 Å². The highest BCUT2D eigenvalue weighted by Crippen LogP contribution is 2.25. The summed E-state index contributed by atoms with van der Waals surface area (Å²) in [6.45, 7) is 0. The minimum Gasteiger partial charge on any atom is -0.399 e. The quantitative estimate of drug-likeness (QED) is 0.529. The van der Waals surface area contributed by atoms with Crippen molar-refractivity contribution in [2.45, 2.75) is 4.90 Å². The Kier molecular flexibility index (Phi) is 4.82. The molecular weight excluding hydrogens is 372 g/mol. The van der Waals surface area contributed by atoms with Crippen LogP contribution in [0.4, 0.5) is 5.69 Å². The lowest BCUT2D eigenvalue weighted by molar-refractivity contribution is 0.103. The molecule has 0 saturated carbocycles. The van der Waals surface area contributed by atoms with E-state index >= 15 is 0 Å². The molecule has 0 aliphatic carbocycles. The van der Waals surface area contributed by atoms with Crippen molar-refractivity contribution in [1.82, 2.24) is 0 Å². The van der Waals surface area contributed by atoms with Crippen molar-refractivity contribution in [2.24, 2.45) is 5.14 Å². The van der Waals surface area contributed by atoms with Crippen LogP contribution >= 0.6 is 11.6 Å². The van der Waals surface area contributed by atoms with Gasteiger partial charge in [-0.1, -0.05) is 48.0 Å². The van der Waals surface area contributed by atoms with E-state index in [0.29, 0.717) is 11.3 Å². The van der Waals surface area contributed by atoms with E-state index in [1.54, 1.807) is 30.3 Å². The minimum absolute atomic E-state index is 0.0268. The average Bonchev–Trinajstić information content (AvgIpc) is 2.61. The fraction of sp³-hybridized carbons (Fsp3) is 0. The number of benzene rings is 3. The normalized spacial score (nSPS) is 11.3. The fourth-order valence-corrected chi connectivity index (χ4v) is 3.63. The van der Waals surface area contributed by atoms with Crippen molar-refractivity contribution < 1.29 is 13.2 Å². The van der Waals surface area contributed by atoms with Gasteiger partial charge in [0.2, 0.25) is 10.0 Å². The third-order valence-electron chi connectivity index (χ3n) is 3.87. The standard InChI is InChI=1S/C19H15ClN2O3S/c20-17-9-8-15(11-18(17)26(22,24)25)19(23)13-6-4-12(5-7-13)14-2-1-3-16(21)10-14/h1-11H,21H2,(H2,22,24,25). The van der Waals surface area contributed by atoms with Gasteiger partial charge in [0.15, 0.2) is 5.78 Å². The van der Waals surface area contributed by atoms with Crippen LogP contribution in [0.1, 0.15) is 15.9 Å². The summed E-state index contributed by atoms with van der Waals surface area (Å²) in [6, 6.07) is 18.4. The van der Waals surface area contributed by atoms with E-state index in [4.69, 9.17) is 22.5 Å². The Morgan fingerprint density at radius 1 is 0.846 bits per heavy atom. The van der Waals surface area contributed by atoms with Gasteiger partial charge in [-0.25, -0.2) is 13.6 Å². The number of nitrogen functional groups attached to an aromatic ring is 1. The molecule has 0 spiro atoms.